The van der Waals surface area contributed by atoms with E-state index < -0.39 is 9.84 Å². The van der Waals surface area contributed by atoms with Crippen LogP contribution in [-0.2, 0) is 24.2 Å². The van der Waals surface area contributed by atoms with Crippen LogP contribution in [0.4, 0.5) is 0 Å². The molecule has 0 aromatic heterocycles. The van der Waals surface area contributed by atoms with Gasteiger partial charge in [0, 0.05) is 25.8 Å². The molecule has 0 fully saturated rings. The molecule has 0 N–H and O–H groups in total. The highest BCUT2D eigenvalue weighted by Crippen LogP contribution is 2.03. The molecule has 0 aliphatic carbocycles. The van der Waals surface area contributed by atoms with Gasteiger partial charge in [0.25, 0.3) is 0 Å². The number of carbonyl (C=O) groups is 2. The Morgan fingerprint density at radius 2 is 1.75 bits per heavy atom. The summed E-state index contributed by atoms with van der Waals surface area (Å²) in [6.45, 7) is 4.90. The van der Waals surface area contributed by atoms with Gasteiger partial charge >= 0.3 is 5.97 Å². The summed E-state index contributed by atoms with van der Waals surface area (Å²) < 4.78 is 26.8. The maximum Gasteiger partial charge on any atom is 0.307 e. The Morgan fingerprint density at radius 3 is 2.25 bits per heavy atom. The maximum absolute atomic E-state index is 12.0. The zero-order valence-corrected chi connectivity index (χ0v) is 13.4. The predicted octanol–water partition coefficient (Wildman–Crippen LogP) is 1.00. The van der Waals surface area contributed by atoms with Crippen LogP contribution in [0.15, 0.2) is 0 Å². The number of nitrogens with zero attached hydrogens (tertiary/aromatic N) is 1. The smallest absolute Gasteiger partial charge is 0.307 e. The second kappa shape index (κ2) is 9.74. The van der Waals surface area contributed by atoms with E-state index in [9.17, 15) is 18.0 Å². The van der Waals surface area contributed by atoms with Crippen LogP contribution in [-0.4, -0.2) is 56.9 Å². The standard InChI is InChI=1S/C13H25NO5S/c1-4-9-14(10-8-13(16)19-5-2)12(15)7-6-11-20(3,17)18/h4-11H2,1-3H3. The molecule has 0 saturated heterocycles. The molecular weight excluding hydrogens is 282 g/mol. The van der Waals surface area contributed by atoms with Gasteiger partial charge < -0.3 is 9.64 Å². The van der Waals surface area contributed by atoms with Gasteiger partial charge in [0.2, 0.25) is 5.91 Å². The van der Waals surface area contributed by atoms with E-state index in [1.807, 2.05) is 6.92 Å². The molecule has 0 unspecified atom stereocenters. The summed E-state index contributed by atoms with van der Waals surface area (Å²) in [4.78, 5) is 24.8. The Morgan fingerprint density at radius 1 is 1.10 bits per heavy atom. The molecule has 0 rings (SSSR count). The second-order valence-electron chi connectivity index (χ2n) is 4.67. The third-order valence-corrected chi connectivity index (χ3v) is 3.67. The summed E-state index contributed by atoms with van der Waals surface area (Å²) >= 11 is 0. The van der Waals surface area contributed by atoms with E-state index in [1.54, 1.807) is 11.8 Å². The van der Waals surface area contributed by atoms with Crippen molar-refractivity contribution in [2.45, 2.75) is 39.5 Å². The molecule has 0 aromatic carbocycles. The Kier molecular flexibility index (Phi) is 9.20. The first-order valence-electron chi connectivity index (χ1n) is 6.91. The third-order valence-electron chi connectivity index (χ3n) is 2.64. The minimum Gasteiger partial charge on any atom is -0.466 e. The highest BCUT2D eigenvalue weighted by atomic mass is 32.2. The average Bonchev–Trinajstić information content (AvgIpc) is 2.33. The normalized spacial score (nSPS) is 11.2. The molecule has 1 amide bonds. The van der Waals surface area contributed by atoms with E-state index in [1.165, 1.54) is 0 Å². The highest BCUT2D eigenvalue weighted by Gasteiger charge is 2.15. The van der Waals surface area contributed by atoms with Crippen LogP contribution in [0.2, 0.25) is 0 Å². The van der Waals surface area contributed by atoms with Crippen LogP contribution in [0, 0.1) is 0 Å². The summed E-state index contributed by atoms with van der Waals surface area (Å²) in [6, 6.07) is 0. The first kappa shape index (κ1) is 18.9. The van der Waals surface area contributed by atoms with Gasteiger partial charge in [-0.05, 0) is 19.8 Å². The van der Waals surface area contributed by atoms with Crippen molar-refractivity contribution in [2.75, 3.05) is 31.7 Å². The van der Waals surface area contributed by atoms with Gasteiger partial charge in [0.15, 0.2) is 0 Å². The van der Waals surface area contributed by atoms with Crippen molar-refractivity contribution >= 4 is 21.7 Å². The third kappa shape index (κ3) is 9.77. The average molecular weight is 307 g/mol. The number of hydrogen-bond donors (Lipinski definition) is 0. The molecule has 0 aliphatic rings. The van der Waals surface area contributed by atoms with Crippen LogP contribution in [0.5, 0.6) is 0 Å². The fourth-order valence-corrected chi connectivity index (χ4v) is 2.40. The molecule has 0 radical (unpaired) electrons. The van der Waals surface area contributed by atoms with Gasteiger partial charge in [-0.25, -0.2) is 8.42 Å². The van der Waals surface area contributed by atoms with Gasteiger partial charge in [0.05, 0.1) is 18.8 Å². The van der Waals surface area contributed by atoms with Crippen LogP contribution in [0.25, 0.3) is 0 Å². The van der Waals surface area contributed by atoms with E-state index in [0.29, 0.717) is 26.1 Å². The monoisotopic (exact) mass is 307 g/mol. The topological polar surface area (TPSA) is 80.8 Å². The van der Waals surface area contributed by atoms with Crippen LogP contribution >= 0.6 is 0 Å². The summed E-state index contributed by atoms with van der Waals surface area (Å²) in [6.07, 6.45) is 2.63. The first-order valence-corrected chi connectivity index (χ1v) is 8.97. The largest absolute Gasteiger partial charge is 0.466 e. The summed E-state index contributed by atoms with van der Waals surface area (Å²) in [5.41, 5.74) is 0. The van der Waals surface area contributed by atoms with Gasteiger partial charge in [-0.2, -0.15) is 0 Å². The Balaban J connectivity index is 4.22. The van der Waals surface area contributed by atoms with Crippen molar-refractivity contribution in [1.82, 2.24) is 4.90 Å². The van der Waals surface area contributed by atoms with Crippen molar-refractivity contribution in [1.29, 1.82) is 0 Å². The Bertz CT molecular complexity index is 405. The van der Waals surface area contributed by atoms with Crippen molar-refractivity contribution in [3.05, 3.63) is 0 Å². The number of carbonyl (C=O) groups excluding carboxylic acids is 2. The van der Waals surface area contributed by atoms with E-state index in [4.69, 9.17) is 4.74 Å². The number of amides is 1. The van der Waals surface area contributed by atoms with Crippen LogP contribution in [0.3, 0.4) is 0 Å². The van der Waals surface area contributed by atoms with Crippen LogP contribution in [0.1, 0.15) is 39.5 Å². The SMILES string of the molecule is CCCN(CCC(=O)OCC)C(=O)CCCS(C)(=O)=O. The Labute approximate surface area is 121 Å². The molecule has 20 heavy (non-hydrogen) atoms. The molecule has 0 aromatic rings. The number of sulfone groups is 1. The summed E-state index contributed by atoms with van der Waals surface area (Å²) in [7, 11) is -3.04. The molecule has 0 saturated carbocycles. The summed E-state index contributed by atoms with van der Waals surface area (Å²) in [5, 5.41) is 0. The molecule has 0 heterocycles. The maximum atomic E-state index is 12.0. The molecule has 0 bridgehead atoms. The number of rotatable bonds is 10. The zero-order valence-electron chi connectivity index (χ0n) is 12.6. The molecule has 6 nitrogen and oxygen atoms in total. The van der Waals surface area contributed by atoms with Crippen molar-refractivity contribution in [2.24, 2.45) is 0 Å². The van der Waals surface area contributed by atoms with Crippen molar-refractivity contribution in [3.8, 4) is 0 Å². The van der Waals surface area contributed by atoms with Gasteiger partial charge in [-0.1, -0.05) is 6.92 Å². The lowest BCUT2D eigenvalue weighted by atomic mass is 10.2. The van der Waals surface area contributed by atoms with E-state index in [2.05, 4.69) is 0 Å². The van der Waals surface area contributed by atoms with Crippen LogP contribution < -0.4 is 0 Å². The molecule has 0 atom stereocenters. The van der Waals surface area contributed by atoms with Gasteiger partial charge in [-0.3, -0.25) is 9.59 Å². The Hall–Kier alpha value is -1.11. The number of esters is 1. The highest BCUT2D eigenvalue weighted by molar-refractivity contribution is 7.90. The minimum atomic E-state index is -3.04. The summed E-state index contributed by atoms with van der Waals surface area (Å²) in [5.74, 6) is -0.423. The number of hydrogen-bond acceptors (Lipinski definition) is 5. The first-order chi connectivity index (χ1) is 9.30. The lowest BCUT2D eigenvalue weighted by Gasteiger charge is -2.21. The lowest BCUT2D eigenvalue weighted by Crippen LogP contribution is -2.34. The van der Waals surface area contributed by atoms with E-state index >= 15 is 0 Å². The molecule has 118 valence electrons. The zero-order chi connectivity index (χ0) is 15.6. The molecule has 0 aliphatic heterocycles. The number of ether oxygens (including phenoxy) is 1. The van der Waals surface area contributed by atoms with Gasteiger partial charge in [0.1, 0.15) is 9.84 Å². The molecule has 7 heteroatoms. The van der Waals surface area contributed by atoms with Crippen molar-refractivity contribution in [3.63, 3.8) is 0 Å². The van der Waals surface area contributed by atoms with E-state index in [-0.39, 0.29) is 30.5 Å². The minimum absolute atomic E-state index is 0.0105. The molecular formula is C13H25NO5S. The quantitative estimate of drug-likeness (QED) is 0.563. The fourth-order valence-electron chi connectivity index (χ4n) is 1.73. The predicted molar refractivity (Wildman–Crippen MR) is 77.1 cm³/mol. The fraction of sp³-hybridized carbons (Fsp3) is 0.846. The van der Waals surface area contributed by atoms with Gasteiger partial charge in [-0.15, -0.1) is 0 Å². The molecule has 0 spiro atoms. The lowest BCUT2D eigenvalue weighted by molar-refractivity contribution is -0.144. The van der Waals surface area contributed by atoms with Crippen molar-refractivity contribution < 1.29 is 22.7 Å². The van der Waals surface area contributed by atoms with E-state index in [0.717, 1.165) is 12.7 Å². The second-order valence-corrected chi connectivity index (χ2v) is 6.93.